The maximum Gasteiger partial charge on any atom is 0.413 e. The van der Waals surface area contributed by atoms with Crippen molar-refractivity contribution in [3.63, 3.8) is 0 Å². The van der Waals surface area contributed by atoms with Gasteiger partial charge in [0.2, 0.25) is 11.8 Å². The molecule has 0 saturated heterocycles. The van der Waals surface area contributed by atoms with Crippen molar-refractivity contribution in [1.82, 2.24) is 20.3 Å². The van der Waals surface area contributed by atoms with E-state index >= 15 is 0 Å². The minimum atomic E-state index is -0.596. The summed E-state index contributed by atoms with van der Waals surface area (Å²) in [6, 6.07) is 17.0. The van der Waals surface area contributed by atoms with Gasteiger partial charge in [-0.1, -0.05) is 32.0 Å². The van der Waals surface area contributed by atoms with E-state index < -0.39 is 6.09 Å². The number of rotatable bonds is 6. The molecule has 0 radical (unpaired) electrons. The van der Waals surface area contributed by atoms with E-state index in [1.165, 1.54) is 18.8 Å². The van der Waals surface area contributed by atoms with Gasteiger partial charge in [0.05, 0.1) is 11.0 Å². The number of H-pyrrole nitrogens is 1. The molecule has 0 spiro atoms. The van der Waals surface area contributed by atoms with Crippen LogP contribution in [0.5, 0.6) is 17.4 Å². The predicted octanol–water partition coefficient (Wildman–Crippen LogP) is 5.34. The Labute approximate surface area is 179 Å². The zero-order valence-electron chi connectivity index (χ0n) is 17.5. The molecule has 0 atom stereocenters. The molecule has 158 valence electrons. The van der Waals surface area contributed by atoms with Gasteiger partial charge in [-0.05, 0) is 35.7 Å². The fourth-order valence-electron chi connectivity index (χ4n) is 3.14. The van der Waals surface area contributed by atoms with Gasteiger partial charge in [-0.25, -0.2) is 14.8 Å². The molecule has 0 aliphatic rings. The fourth-order valence-corrected chi connectivity index (χ4v) is 3.14. The third-order valence-electron chi connectivity index (χ3n) is 4.63. The minimum absolute atomic E-state index is 0.146. The summed E-state index contributed by atoms with van der Waals surface area (Å²) in [7, 11) is 1.48. The van der Waals surface area contributed by atoms with Crippen molar-refractivity contribution in [3.05, 3.63) is 66.4 Å². The van der Waals surface area contributed by atoms with Crippen molar-refractivity contribution in [2.75, 3.05) is 12.4 Å². The Bertz CT molecular complexity index is 1220. The van der Waals surface area contributed by atoms with Gasteiger partial charge in [0.25, 0.3) is 0 Å². The largest absolute Gasteiger partial charge is 0.457 e. The Morgan fingerprint density at radius 3 is 2.68 bits per heavy atom. The molecular weight excluding hydrogens is 394 g/mol. The maximum atomic E-state index is 11.4. The number of amides is 1. The third-order valence-corrected chi connectivity index (χ3v) is 4.63. The highest BCUT2D eigenvalue weighted by Gasteiger charge is 2.10. The molecule has 3 N–H and O–H groups in total. The number of carbonyl (C=O) groups excluding carboxylic acids is 1. The number of carbonyl (C=O) groups is 1. The Kier molecular flexibility index (Phi) is 5.70. The second-order valence-electron chi connectivity index (χ2n) is 7.20. The first-order valence-electron chi connectivity index (χ1n) is 9.91. The van der Waals surface area contributed by atoms with Crippen molar-refractivity contribution < 1.29 is 14.3 Å². The van der Waals surface area contributed by atoms with Crippen LogP contribution in [0.2, 0.25) is 0 Å². The van der Waals surface area contributed by atoms with Gasteiger partial charge in [-0.2, -0.15) is 0 Å². The van der Waals surface area contributed by atoms with Gasteiger partial charge in [-0.3, -0.25) is 0 Å². The smallest absolute Gasteiger partial charge is 0.413 e. The normalized spacial score (nSPS) is 10.8. The van der Waals surface area contributed by atoms with Crippen LogP contribution in [0.4, 0.5) is 16.4 Å². The molecule has 8 heteroatoms. The monoisotopic (exact) mass is 417 g/mol. The Balaban J connectivity index is 1.53. The summed E-state index contributed by atoms with van der Waals surface area (Å²) in [5.41, 5.74) is 3.89. The van der Waals surface area contributed by atoms with Crippen LogP contribution in [0.3, 0.4) is 0 Å². The zero-order chi connectivity index (χ0) is 21.8. The van der Waals surface area contributed by atoms with Crippen LogP contribution in [-0.2, 0) is 0 Å². The summed E-state index contributed by atoms with van der Waals surface area (Å²) in [5.74, 6) is 2.29. The molecule has 0 aliphatic carbocycles. The van der Waals surface area contributed by atoms with Crippen molar-refractivity contribution in [1.29, 1.82) is 0 Å². The molecule has 2 aromatic carbocycles. The molecule has 4 rings (SSSR count). The van der Waals surface area contributed by atoms with Crippen LogP contribution >= 0.6 is 0 Å². The van der Waals surface area contributed by atoms with Crippen LogP contribution in [0, 0.1) is 0 Å². The van der Waals surface area contributed by atoms with Crippen molar-refractivity contribution in [2.45, 2.75) is 19.8 Å². The number of aromatic amines is 1. The molecule has 4 aromatic rings. The Hall–Kier alpha value is -4.07. The number of nitrogens with one attached hydrogen (secondary N) is 3. The number of anilines is 2. The Morgan fingerprint density at radius 1 is 1.06 bits per heavy atom. The fraction of sp³-hybridized carbons (Fsp3) is 0.174. The van der Waals surface area contributed by atoms with E-state index in [9.17, 15) is 4.79 Å². The first kappa shape index (κ1) is 20.2. The minimum Gasteiger partial charge on any atom is -0.457 e. The van der Waals surface area contributed by atoms with Crippen LogP contribution in [0.15, 0.2) is 60.8 Å². The molecular formula is C23H23N5O3. The number of hydrogen-bond acceptors (Lipinski definition) is 6. The lowest BCUT2D eigenvalue weighted by atomic mass is 10.0. The van der Waals surface area contributed by atoms with E-state index in [1.807, 2.05) is 36.4 Å². The third kappa shape index (κ3) is 4.75. The first-order valence-corrected chi connectivity index (χ1v) is 9.91. The van der Waals surface area contributed by atoms with E-state index in [1.54, 1.807) is 12.1 Å². The standard InChI is InChI=1S/C23H23N5O3/c1-14(2)17-6-4-5-7-18(17)26-22-27-19-9-8-15(12-20(19)28-22)30-16-10-11-25-21(13-16)31-23(29)24-3/h4-14H,1-3H3,(H,24,29)(H2,26,27,28). The maximum absolute atomic E-state index is 11.4. The van der Waals surface area contributed by atoms with Gasteiger partial charge < -0.3 is 25.1 Å². The number of nitrogens with zero attached hydrogens (tertiary/aromatic N) is 2. The second-order valence-corrected chi connectivity index (χ2v) is 7.20. The number of ether oxygens (including phenoxy) is 2. The molecule has 2 heterocycles. The van der Waals surface area contributed by atoms with Crippen molar-refractivity contribution in [2.24, 2.45) is 0 Å². The summed E-state index contributed by atoms with van der Waals surface area (Å²) >= 11 is 0. The highest BCUT2D eigenvalue weighted by atomic mass is 16.6. The Morgan fingerprint density at radius 2 is 1.87 bits per heavy atom. The van der Waals surface area contributed by atoms with E-state index in [4.69, 9.17) is 9.47 Å². The second kappa shape index (κ2) is 8.74. The van der Waals surface area contributed by atoms with Crippen LogP contribution < -0.4 is 20.1 Å². The summed E-state index contributed by atoms with van der Waals surface area (Å²) in [6.07, 6.45) is 0.913. The van der Waals surface area contributed by atoms with E-state index in [2.05, 4.69) is 45.5 Å². The van der Waals surface area contributed by atoms with Crippen molar-refractivity contribution >= 4 is 28.8 Å². The van der Waals surface area contributed by atoms with Gasteiger partial charge >= 0.3 is 6.09 Å². The quantitative estimate of drug-likeness (QED) is 0.392. The average molecular weight is 417 g/mol. The summed E-state index contributed by atoms with van der Waals surface area (Å²) in [6.45, 7) is 4.32. The van der Waals surface area contributed by atoms with Gasteiger partial charge in [0.1, 0.15) is 11.5 Å². The molecule has 31 heavy (non-hydrogen) atoms. The van der Waals surface area contributed by atoms with Crippen LogP contribution in [0.1, 0.15) is 25.3 Å². The molecule has 2 aromatic heterocycles. The average Bonchev–Trinajstić information content (AvgIpc) is 3.15. The lowest BCUT2D eigenvalue weighted by Gasteiger charge is -2.12. The SMILES string of the molecule is CNC(=O)Oc1cc(Oc2ccc3[nH]c(Nc4ccccc4C(C)C)nc3c2)ccn1. The van der Waals surface area contributed by atoms with Gasteiger partial charge in [0, 0.05) is 31.1 Å². The molecule has 0 bridgehead atoms. The van der Waals surface area contributed by atoms with Crippen molar-refractivity contribution in [3.8, 4) is 17.4 Å². The molecule has 0 saturated carbocycles. The number of aromatic nitrogens is 3. The number of para-hydroxylation sites is 1. The highest BCUT2D eigenvalue weighted by Crippen LogP contribution is 2.29. The van der Waals surface area contributed by atoms with E-state index in [-0.39, 0.29) is 5.88 Å². The number of benzene rings is 2. The summed E-state index contributed by atoms with van der Waals surface area (Å²) in [4.78, 5) is 23.3. The molecule has 8 nitrogen and oxygen atoms in total. The van der Waals surface area contributed by atoms with Crippen LogP contribution in [0.25, 0.3) is 11.0 Å². The molecule has 0 fully saturated rings. The lowest BCUT2D eigenvalue weighted by Crippen LogP contribution is -2.22. The van der Waals surface area contributed by atoms with Gasteiger partial charge in [-0.15, -0.1) is 0 Å². The topological polar surface area (TPSA) is 101 Å². The first-order chi connectivity index (χ1) is 15.0. The molecule has 0 aliphatic heterocycles. The zero-order valence-corrected chi connectivity index (χ0v) is 17.5. The van der Waals surface area contributed by atoms with Crippen LogP contribution in [-0.4, -0.2) is 28.1 Å². The van der Waals surface area contributed by atoms with E-state index in [0.29, 0.717) is 23.4 Å². The number of pyridine rings is 1. The number of fused-ring (bicyclic) bond motifs is 1. The number of imidazole rings is 1. The summed E-state index contributed by atoms with van der Waals surface area (Å²) in [5, 5.41) is 5.75. The predicted molar refractivity (Wildman–Crippen MR) is 119 cm³/mol. The highest BCUT2D eigenvalue weighted by molar-refractivity contribution is 5.80. The molecule has 0 unspecified atom stereocenters. The lowest BCUT2D eigenvalue weighted by molar-refractivity contribution is 0.201. The summed E-state index contributed by atoms with van der Waals surface area (Å²) < 4.78 is 10.9. The van der Waals surface area contributed by atoms with Gasteiger partial charge in [0.15, 0.2) is 0 Å². The molecule has 1 amide bonds. The van der Waals surface area contributed by atoms with E-state index in [0.717, 1.165) is 16.7 Å². The number of hydrogen-bond donors (Lipinski definition) is 3.